The number of hydrogen-bond acceptors (Lipinski definition) is 6. The summed E-state index contributed by atoms with van der Waals surface area (Å²) in [7, 11) is 3.28. The van der Waals surface area contributed by atoms with E-state index in [0.717, 1.165) is 33.3 Å². The highest BCUT2D eigenvalue weighted by atomic mass is 32.1. The minimum absolute atomic E-state index is 0.0415. The molecule has 1 N–H and O–H groups in total. The number of carbonyl (C=O) groups is 1. The second kappa shape index (κ2) is 9.61. The molecule has 0 aliphatic rings. The molecule has 7 nitrogen and oxygen atoms in total. The van der Waals surface area contributed by atoms with Crippen molar-refractivity contribution >= 4 is 22.2 Å². The van der Waals surface area contributed by atoms with Crippen LogP contribution < -0.4 is 14.8 Å². The Morgan fingerprint density at radius 3 is 2.35 bits per heavy atom. The van der Waals surface area contributed by atoms with E-state index in [9.17, 15) is 4.79 Å². The minimum atomic E-state index is 0.0415. The van der Waals surface area contributed by atoms with Crippen molar-refractivity contribution < 1.29 is 14.3 Å². The van der Waals surface area contributed by atoms with Gasteiger partial charge in [0.05, 0.1) is 19.9 Å². The Morgan fingerprint density at radius 2 is 1.68 bits per heavy atom. The number of amides is 1. The van der Waals surface area contributed by atoms with Gasteiger partial charge >= 0.3 is 0 Å². The smallest absolute Gasteiger partial charge is 0.220 e. The van der Waals surface area contributed by atoms with E-state index < -0.39 is 0 Å². The third-order valence-corrected chi connectivity index (χ3v) is 5.87. The Morgan fingerprint density at radius 1 is 1.00 bits per heavy atom. The highest BCUT2D eigenvalue weighted by Gasteiger charge is 2.12. The van der Waals surface area contributed by atoms with Crippen LogP contribution >= 0.6 is 11.3 Å². The first-order valence-corrected chi connectivity index (χ1v) is 10.9. The predicted molar refractivity (Wildman–Crippen MR) is 121 cm³/mol. The molecule has 0 atom stereocenters. The van der Waals surface area contributed by atoms with Crippen LogP contribution in [-0.2, 0) is 17.6 Å². The van der Waals surface area contributed by atoms with Gasteiger partial charge in [0.2, 0.25) is 10.9 Å². The van der Waals surface area contributed by atoms with E-state index in [4.69, 9.17) is 9.47 Å². The normalized spacial score (nSPS) is 10.9. The first-order chi connectivity index (χ1) is 15.2. The van der Waals surface area contributed by atoms with E-state index >= 15 is 0 Å². The van der Waals surface area contributed by atoms with Gasteiger partial charge in [0.15, 0.2) is 5.82 Å². The zero-order valence-electron chi connectivity index (χ0n) is 17.5. The van der Waals surface area contributed by atoms with Gasteiger partial charge < -0.3 is 14.8 Å². The molecule has 0 saturated carbocycles. The first kappa shape index (κ1) is 20.9. The van der Waals surface area contributed by atoms with E-state index in [2.05, 4.69) is 15.4 Å². The SMILES string of the molecule is COc1ccc(CCC(=O)NCCc2csc3nc(-c4ccc(OC)cc4)nn23)cc1. The number of ether oxygens (including phenoxy) is 2. The molecule has 0 saturated heterocycles. The molecule has 2 aromatic carbocycles. The van der Waals surface area contributed by atoms with Gasteiger partial charge in [0.1, 0.15) is 11.5 Å². The zero-order valence-corrected chi connectivity index (χ0v) is 18.3. The Bertz CT molecular complexity index is 1150. The van der Waals surface area contributed by atoms with Crippen molar-refractivity contribution in [3.05, 3.63) is 65.2 Å². The molecule has 8 heteroatoms. The summed E-state index contributed by atoms with van der Waals surface area (Å²) in [6.07, 6.45) is 1.85. The molecule has 2 heterocycles. The molecule has 0 spiro atoms. The lowest BCUT2D eigenvalue weighted by Gasteiger charge is -2.06. The fraction of sp³-hybridized carbons (Fsp3) is 0.261. The molecule has 0 aliphatic carbocycles. The Labute approximate surface area is 184 Å². The summed E-state index contributed by atoms with van der Waals surface area (Å²) in [5.41, 5.74) is 3.08. The quantitative estimate of drug-likeness (QED) is 0.432. The van der Waals surface area contributed by atoms with Crippen LogP contribution in [0.3, 0.4) is 0 Å². The van der Waals surface area contributed by atoms with Crippen molar-refractivity contribution in [2.45, 2.75) is 19.3 Å². The number of benzene rings is 2. The van der Waals surface area contributed by atoms with Crippen LogP contribution in [0, 0.1) is 0 Å². The summed E-state index contributed by atoms with van der Waals surface area (Å²) in [5, 5.41) is 9.67. The molecule has 2 aromatic heterocycles. The monoisotopic (exact) mass is 436 g/mol. The van der Waals surface area contributed by atoms with E-state index in [1.54, 1.807) is 25.6 Å². The van der Waals surface area contributed by atoms with Gasteiger partial charge in [0.25, 0.3) is 0 Å². The molecule has 0 aliphatic heterocycles. The van der Waals surface area contributed by atoms with Crippen LogP contribution in [-0.4, -0.2) is 41.3 Å². The molecule has 0 radical (unpaired) electrons. The maximum Gasteiger partial charge on any atom is 0.220 e. The van der Waals surface area contributed by atoms with Crippen molar-refractivity contribution in [3.63, 3.8) is 0 Å². The summed E-state index contributed by atoms with van der Waals surface area (Å²) < 4.78 is 12.2. The van der Waals surface area contributed by atoms with Crippen molar-refractivity contribution in [2.24, 2.45) is 0 Å². The van der Waals surface area contributed by atoms with Crippen LogP contribution in [0.5, 0.6) is 11.5 Å². The fourth-order valence-corrected chi connectivity index (χ4v) is 4.08. The van der Waals surface area contributed by atoms with Crippen LogP contribution in [0.1, 0.15) is 17.7 Å². The lowest BCUT2D eigenvalue weighted by Crippen LogP contribution is -2.26. The number of aromatic nitrogens is 3. The number of nitrogens with one attached hydrogen (secondary N) is 1. The summed E-state index contributed by atoms with van der Waals surface area (Å²) in [5.74, 6) is 2.34. The third kappa shape index (κ3) is 5.03. The van der Waals surface area contributed by atoms with Gasteiger partial charge in [-0.2, -0.15) is 4.98 Å². The standard InChI is InChI=1S/C23H24N4O3S/c1-29-19-8-3-16(4-9-19)5-12-21(28)24-14-13-18-15-31-23-25-22(26-27(18)23)17-6-10-20(30-2)11-7-17/h3-4,6-11,15H,5,12-14H2,1-2H3,(H,24,28). The number of thiazole rings is 1. The molecule has 31 heavy (non-hydrogen) atoms. The molecule has 4 rings (SSSR count). The largest absolute Gasteiger partial charge is 0.497 e. The number of nitrogens with zero attached hydrogens (tertiary/aromatic N) is 3. The summed E-state index contributed by atoms with van der Waals surface area (Å²) >= 11 is 1.55. The highest BCUT2D eigenvalue weighted by Crippen LogP contribution is 2.23. The van der Waals surface area contributed by atoms with E-state index in [1.807, 2.05) is 58.4 Å². The lowest BCUT2D eigenvalue weighted by atomic mass is 10.1. The number of rotatable bonds is 9. The van der Waals surface area contributed by atoms with Crippen LogP contribution in [0.15, 0.2) is 53.9 Å². The maximum atomic E-state index is 12.2. The van der Waals surface area contributed by atoms with Gasteiger partial charge in [-0.15, -0.1) is 16.4 Å². The van der Waals surface area contributed by atoms with E-state index in [-0.39, 0.29) is 5.91 Å². The second-order valence-corrected chi connectivity index (χ2v) is 7.87. The molecule has 0 unspecified atom stereocenters. The molecule has 1 amide bonds. The summed E-state index contributed by atoms with van der Waals surface area (Å²) in [6, 6.07) is 15.5. The molecular weight excluding hydrogens is 412 g/mol. The predicted octanol–water partition coefficient (Wildman–Crippen LogP) is 3.77. The van der Waals surface area contributed by atoms with Crippen LogP contribution in [0.2, 0.25) is 0 Å². The van der Waals surface area contributed by atoms with E-state index in [0.29, 0.717) is 31.6 Å². The van der Waals surface area contributed by atoms with Crippen LogP contribution in [0.4, 0.5) is 0 Å². The maximum absolute atomic E-state index is 12.2. The number of aryl methyl sites for hydroxylation is 1. The number of hydrogen-bond donors (Lipinski definition) is 1. The lowest BCUT2D eigenvalue weighted by molar-refractivity contribution is -0.121. The van der Waals surface area contributed by atoms with E-state index in [1.165, 1.54) is 0 Å². The molecule has 160 valence electrons. The van der Waals surface area contributed by atoms with Gasteiger partial charge in [-0.1, -0.05) is 12.1 Å². The van der Waals surface area contributed by atoms with Crippen molar-refractivity contribution in [1.82, 2.24) is 19.9 Å². The van der Waals surface area contributed by atoms with Gasteiger partial charge in [-0.05, 0) is 48.4 Å². The van der Waals surface area contributed by atoms with Gasteiger partial charge in [-0.3, -0.25) is 4.79 Å². The third-order valence-electron chi connectivity index (χ3n) is 5.00. The Kier molecular flexibility index (Phi) is 6.47. The van der Waals surface area contributed by atoms with Gasteiger partial charge in [-0.25, -0.2) is 4.52 Å². The first-order valence-electron chi connectivity index (χ1n) is 10.0. The molecule has 4 aromatic rings. The topological polar surface area (TPSA) is 77.8 Å². The Balaban J connectivity index is 1.30. The highest BCUT2D eigenvalue weighted by molar-refractivity contribution is 7.15. The summed E-state index contributed by atoms with van der Waals surface area (Å²) in [4.78, 5) is 17.6. The van der Waals surface area contributed by atoms with Crippen molar-refractivity contribution in [3.8, 4) is 22.9 Å². The number of carbonyl (C=O) groups excluding carboxylic acids is 1. The number of fused-ring (bicyclic) bond motifs is 1. The molecule has 0 fully saturated rings. The second-order valence-electron chi connectivity index (χ2n) is 7.03. The number of methoxy groups -OCH3 is 2. The minimum Gasteiger partial charge on any atom is -0.497 e. The summed E-state index contributed by atoms with van der Waals surface area (Å²) in [6.45, 7) is 0.561. The fourth-order valence-electron chi connectivity index (χ4n) is 3.23. The van der Waals surface area contributed by atoms with Crippen molar-refractivity contribution in [2.75, 3.05) is 20.8 Å². The average molecular weight is 437 g/mol. The Hall–Kier alpha value is -3.39. The van der Waals surface area contributed by atoms with Gasteiger partial charge in [0, 0.05) is 30.3 Å². The molecular formula is C23H24N4O3S. The van der Waals surface area contributed by atoms with Crippen LogP contribution in [0.25, 0.3) is 16.3 Å². The average Bonchev–Trinajstić information content (AvgIpc) is 3.40. The zero-order chi connectivity index (χ0) is 21.6. The van der Waals surface area contributed by atoms with Crippen molar-refractivity contribution in [1.29, 1.82) is 0 Å². The molecule has 0 bridgehead atoms.